The maximum atomic E-state index is 12.9. The van der Waals surface area contributed by atoms with E-state index in [4.69, 9.17) is 0 Å². The first-order valence-electron chi connectivity index (χ1n) is 6.91. The highest BCUT2D eigenvalue weighted by molar-refractivity contribution is 5.77. The third-order valence-corrected chi connectivity index (χ3v) is 3.79. The van der Waals surface area contributed by atoms with Gasteiger partial charge in [-0.05, 0) is 30.9 Å². The zero-order valence-corrected chi connectivity index (χ0v) is 11.4. The van der Waals surface area contributed by atoms with Crippen molar-refractivity contribution < 1.29 is 23.1 Å². The molecule has 1 fully saturated rings. The molecular formula is C14H17F3N2O2. The Morgan fingerprint density at radius 3 is 2.57 bits per heavy atom. The minimum Gasteiger partial charge on any atom is -0.480 e. The maximum Gasteiger partial charge on any atom is 0.419 e. The van der Waals surface area contributed by atoms with Crippen LogP contribution in [0.15, 0.2) is 18.3 Å². The lowest BCUT2D eigenvalue weighted by Crippen LogP contribution is -2.38. The minimum atomic E-state index is -4.56. The number of pyridine rings is 1. The molecule has 7 heteroatoms. The summed E-state index contributed by atoms with van der Waals surface area (Å²) < 4.78 is 38.7. The number of halogens is 3. The summed E-state index contributed by atoms with van der Waals surface area (Å²) in [5.41, 5.74) is -0.938. The van der Waals surface area contributed by atoms with Gasteiger partial charge in [0.1, 0.15) is 11.9 Å². The van der Waals surface area contributed by atoms with Gasteiger partial charge in [0, 0.05) is 6.20 Å². The van der Waals surface area contributed by atoms with Crippen LogP contribution in [0.4, 0.5) is 19.0 Å². The predicted octanol–water partition coefficient (Wildman–Crippen LogP) is 3.55. The first-order valence-corrected chi connectivity index (χ1v) is 6.91. The number of alkyl halides is 3. The molecule has 1 heterocycles. The van der Waals surface area contributed by atoms with Crippen molar-refractivity contribution in [1.29, 1.82) is 0 Å². The largest absolute Gasteiger partial charge is 0.480 e. The van der Waals surface area contributed by atoms with Gasteiger partial charge in [-0.3, -0.25) is 0 Å². The number of carboxylic acid groups (broad SMARTS) is 1. The molecule has 116 valence electrons. The minimum absolute atomic E-state index is 0.167. The second kappa shape index (κ2) is 6.32. The van der Waals surface area contributed by atoms with E-state index in [2.05, 4.69) is 10.3 Å². The Hall–Kier alpha value is -1.79. The Morgan fingerprint density at radius 1 is 1.33 bits per heavy atom. The molecule has 0 bridgehead atoms. The van der Waals surface area contributed by atoms with Crippen LogP contribution in [0.5, 0.6) is 0 Å². The molecule has 2 N–H and O–H groups in total. The van der Waals surface area contributed by atoms with Gasteiger partial charge in [-0.1, -0.05) is 19.3 Å². The fourth-order valence-corrected chi connectivity index (χ4v) is 2.75. The van der Waals surface area contributed by atoms with Crippen LogP contribution in [0.1, 0.15) is 37.7 Å². The molecule has 4 nitrogen and oxygen atoms in total. The standard InChI is InChI=1S/C14H17F3N2O2/c15-14(16,17)10-7-4-8-18-12(10)19-11(13(20)21)9-5-2-1-3-6-9/h4,7-9,11H,1-3,5-6H2,(H,18,19)(H,20,21). The molecule has 1 aliphatic carbocycles. The van der Waals surface area contributed by atoms with Gasteiger partial charge in [0.05, 0.1) is 5.56 Å². The van der Waals surface area contributed by atoms with Gasteiger partial charge in [0.25, 0.3) is 0 Å². The van der Waals surface area contributed by atoms with Gasteiger partial charge in [-0.2, -0.15) is 13.2 Å². The number of aliphatic carboxylic acids is 1. The topological polar surface area (TPSA) is 62.2 Å². The Labute approximate surface area is 120 Å². The van der Waals surface area contributed by atoms with Crippen LogP contribution in [0.3, 0.4) is 0 Å². The number of nitrogens with zero attached hydrogens (tertiary/aromatic N) is 1. The number of anilines is 1. The number of rotatable bonds is 4. The Kier molecular flexibility index (Phi) is 4.69. The third kappa shape index (κ3) is 3.86. The first kappa shape index (κ1) is 15.6. The molecular weight excluding hydrogens is 285 g/mol. The van der Waals surface area contributed by atoms with E-state index in [1.807, 2.05) is 0 Å². The van der Waals surface area contributed by atoms with E-state index in [1.165, 1.54) is 12.3 Å². The molecule has 1 aliphatic rings. The summed E-state index contributed by atoms with van der Waals surface area (Å²) in [4.78, 5) is 15.1. The van der Waals surface area contributed by atoms with Crippen molar-refractivity contribution in [2.24, 2.45) is 5.92 Å². The van der Waals surface area contributed by atoms with E-state index in [0.717, 1.165) is 25.3 Å². The van der Waals surface area contributed by atoms with E-state index in [9.17, 15) is 23.1 Å². The Balaban J connectivity index is 2.23. The highest BCUT2D eigenvalue weighted by atomic mass is 19.4. The van der Waals surface area contributed by atoms with Crippen LogP contribution < -0.4 is 5.32 Å². The summed E-state index contributed by atoms with van der Waals surface area (Å²) in [6.07, 6.45) is 0.926. The zero-order valence-electron chi connectivity index (χ0n) is 11.4. The molecule has 0 radical (unpaired) electrons. The summed E-state index contributed by atoms with van der Waals surface area (Å²) in [6.45, 7) is 0. The van der Waals surface area contributed by atoms with Crippen LogP contribution in [0, 0.1) is 5.92 Å². The lowest BCUT2D eigenvalue weighted by atomic mass is 9.84. The summed E-state index contributed by atoms with van der Waals surface area (Å²) in [6, 6.07) is 1.04. The van der Waals surface area contributed by atoms with Crippen molar-refractivity contribution in [3.05, 3.63) is 23.9 Å². The number of nitrogens with one attached hydrogen (secondary N) is 1. The molecule has 0 spiro atoms. The normalized spacial score (nSPS) is 18.2. The Bertz CT molecular complexity index is 499. The number of aromatic nitrogens is 1. The summed E-state index contributed by atoms with van der Waals surface area (Å²) in [5.74, 6) is -1.72. The molecule has 0 aromatic carbocycles. The first-order chi connectivity index (χ1) is 9.89. The van der Waals surface area contributed by atoms with Crippen molar-refractivity contribution in [3.63, 3.8) is 0 Å². The molecule has 1 unspecified atom stereocenters. The number of hydrogen-bond donors (Lipinski definition) is 2. The van der Waals surface area contributed by atoms with Crippen LogP contribution >= 0.6 is 0 Å². The van der Waals surface area contributed by atoms with Gasteiger partial charge in [0.2, 0.25) is 0 Å². The second-order valence-corrected chi connectivity index (χ2v) is 5.26. The molecule has 1 aromatic heterocycles. The SMILES string of the molecule is O=C(O)C(Nc1ncccc1C(F)(F)F)C1CCCCC1. The molecule has 1 atom stereocenters. The zero-order chi connectivity index (χ0) is 15.5. The van der Waals surface area contributed by atoms with Gasteiger partial charge in [-0.25, -0.2) is 9.78 Å². The average molecular weight is 302 g/mol. The smallest absolute Gasteiger partial charge is 0.419 e. The van der Waals surface area contributed by atoms with Crippen molar-refractivity contribution in [2.75, 3.05) is 5.32 Å². The third-order valence-electron chi connectivity index (χ3n) is 3.79. The molecule has 1 aromatic rings. The molecule has 0 aliphatic heterocycles. The highest BCUT2D eigenvalue weighted by Gasteiger charge is 2.36. The summed E-state index contributed by atoms with van der Waals surface area (Å²) in [5, 5.41) is 11.8. The maximum absolute atomic E-state index is 12.9. The number of carbonyl (C=O) groups is 1. The van der Waals surface area contributed by atoms with E-state index < -0.39 is 29.6 Å². The van der Waals surface area contributed by atoms with Crippen LogP contribution in [-0.2, 0) is 11.0 Å². The fraction of sp³-hybridized carbons (Fsp3) is 0.571. The van der Waals surface area contributed by atoms with Gasteiger partial charge in [-0.15, -0.1) is 0 Å². The molecule has 21 heavy (non-hydrogen) atoms. The van der Waals surface area contributed by atoms with Crippen molar-refractivity contribution >= 4 is 11.8 Å². The summed E-state index contributed by atoms with van der Waals surface area (Å²) >= 11 is 0. The van der Waals surface area contributed by atoms with Gasteiger partial charge >= 0.3 is 12.1 Å². The van der Waals surface area contributed by atoms with Crippen LogP contribution in [-0.4, -0.2) is 22.1 Å². The number of hydrogen-bond acceptors (Lipinski definition) is 3. The lowest BCUT2D eigenvalue weighted by molar-refractivity contribution is -0.140. The predicted molar refractivity (Wildman–Crippen MR) is 70.9 cm³/mol. The van der Waals surface area contributed by atoms with Crippen LogP contribution in [0.25, 0.3) is 0 Å². The van der Waals surface area contributed by atoms with E-state index >= 15 is 0 Å². The molecule has 0 amide bonds. The average Bonchev–Trinajstić information content (AvgIpc) is 2.44. The highest BCUT2D eigenvalue weighted by Crippen LogP contribution is 2.35. The van der Waals surface area contributed by atoms with Crippen molar-refractivity contribution in [1.82, 2.24) is 4.98 Å². The van der Waals surface area contributed by atoms with E-state index in [-0.39, 0.29) is 5.92 Å². The van der Waals surface area contributed by atoms with Gasteiger partial charge < -0.3 is 10.4 Å². The molecule has 1 saturated carbocycles. The second-order valence-electron chi connectivity index (χ2n) is 5.26. The quantitative estimate of drug-likeness (QED) is 0.893. The summed E-state index contributed by atoms with van der Waals surface area (Å²) in [7, 11) is 0. The fourth-order valence-electron chi connectivity index (χ4n) is 2.75. The van der Waals surface area contributed by atoms with E-state index in [1.54, 1.807) is 0 Å². The van der Waals surface area contributed by atoms with E-state index in [0.29, 0.717) is 12.8 Å². The Morgan fingerprint density at radius 2 is 2.00 bits per heavy atom. The van der Waals surface area contributed by atoms with Gasteiger partial charge in [0.15, 0.2) is 0 Å². The number of carboxylic acids is 1. The van der Waals surface area contributed by atoms with Crippen LogP contribution in [0.2, 0.25) is 0 Å². The monoisotopic (exact) mass is 302 g/mol. The van der Waals surface area contributed by atoms with Crippen molar-refractivity contribution in [2.45, 2.75) is 44.3 Å². The molecule has 0 saturated heterocycles. The molecule has 2 rings (SSSR count). The van der Waals surface area contributed by atoms with Crippen molar-refractivity contribution in [3.8, 4) is 0 Å². The lowest BCUT2D eigenvalue weighted by Gasteiger charge is -2.29.